The normalized spacial score (nSPS) is 15.5. The molecule has 42 heavy (non-hydrogen) atoms. The van der Waals surface area contributed by atoms with Crippen LogP contribution in [0.25, 0.3) is 11.1 Å². The topological polar surface area (TPSA) is 95.0 Å². The minimum Gasteiger partial charge on any atom is -0.480 e. The van der Waals surface area contributed by atoms with Crippen molar-refractivity contribution in [2.24, 2.45) is 0 Å². The van der Waals surface area contributed by atoms with Crippen LogP contribution in [0.2, 0.25) is 0 Å². The molecule has 2 aliphatic rings. The number of nitrogens with zero attached hydrogens (tertiary/aromatic N) is 3. The Balaban J connectivity index is 1.01. The molecule has 4 aromatic rings. The number of hydrogen-bond acceptors (Lipinski definition) is 6. The molecule has 1 saturated heterocycles. The molecular formula is C34H34N4O4. The number of alkyl carbamates (subject to hydrolysis) is 1. The molecule has 8 nitrogen and oxygen atoms in total. The fourth-order valence-electron chi connectivity index (χ4n) is 5.92. The number of aliphatic carboxylic acids is 1. The van der Waals surface area contributed by atoms with E-state index in [0.29, 0.717) is 0 Å². The minimum absolute atomic E-state index is 0.0941. The average Bonchev–Trinajstić information content (AvgIpc) is 3.34. The number of aromatic nitrogens is 1. The SMILES string of the molecule is O=C(NC(Cc1ccc(N2CCN(Cc3ccccc3)CC2)nc1)C(=O)O)OCC1c2ccccc2-c2ccccc21. The summed E-state index contributed by atoms with van der Waals surface area (Å²) in [5.41, 5.74) is 6.52. The number of piperazine rings is 1. The van der Waals surface area contributed by atoms with Crippen molar-refractivity contribution in [2.45, 2.75) is 24.9 Å². The zero-order valence-corrected chi connectivity index (χ0v) is 23.4. The summed E-state index contributed by atoms with van der Waals surface area (Å²) in [5, 5.41) is 12.3. The Kier molecular flexibility index (Phi) is 8.14. The van der Waals surface area contributed by atoms with Gasteiger partial charge in [0.2, 0.25) is 0 Å². The lowest BCUT2D eigenvalue weighted by molar-refractivity contribution is -0.139. The molecule has 0 spiro atoms. The monoisotopic (exact) mass is 562 g/mol. The van der Waals surface area contributed by atoms with Crippen molar-refractivity contribution in [1.29, 1.82) is 0 Å². The first-order valence-electron chi connectivity index (χ1n) is 14.4. The van der Waals surface area contributed by atoms with Crippen LogP contribution in [0.5, 0.6) is 0 Å². The van der Waals surface area contributed by atoms with Crippen molar-refractivity contribution < 1.29 is 19.4 Å². The molecular weight excluding hydrogens is 528 g/mol. The molecule has 214 valence electrons. The molecule has 1 unspecified atom stereocenters. The van der Waals surface area contributed by atoms with E-state index in [1.165, 1.54) is 5.56 Å². The Morgan fingerprint density at radius 1 is 0.833 bits per heavy atom. The number of carbonyl (C=O) groups is 2. The van der Waals surface area contributed by atoms with Gasteiger partial charge in [0.1, 0.15) is 18.5 Å². The van der Waals surface area contributed by atoms with Gasteiger partial charge in [0.15, 0.2) is 0 Å². The standard InChI is InChI=1S/C34H34N4O4/c39-33(40)31(36-34(41)42-23-30-28-12-6-4-10-26(28)27-11-5-7-13-29(27)30)20-25-14-15-32(35-21-25)38-18-16-37(17-19-38)22-24-8-2-1-3-9-24/h1-15,21,30-31H,16-20,22-23H2,(H,36,41)(H,39,40). The summed E-state index contributed by atoms with van der Waals surface area (Å²) < 4.78 is 5.56. The summed E-state index contributed by atoms with van der Waals surface area (Å²) in [6.07, 6.45) is 1.06. The number of carbonyl (C=O) groups excluding carboxylic acids is 1. The van der Waals surface area contributed by atoms with Gasteiger partial charge in [-0.2, -0.15) is 0 Å². The Hall–Kier alpha value is -4.69. The van der Waals surface area contributed by atoms with Gasteiger partial charge in [0.25, 0.3) is 0 Å². The van der Waals surface area contributed by atoms with Crippen LogP contribution in [-0.4, -0.2) is 65.9 Å². The lowest BCUT2D eigenvalue weighted by atomic mass is 9.98. The number of carboxylic acid groups (broad SMARTS) is 1. The molecule has 1 aliphatic carbocycles. The van der Waals surface area contributed by atoms with Crippen molar-refractivity contribution >= 4 is 17.9 Å². The first kappa shape index (κ1) is 27.5. The second kappa shape index (κ2) is 12.4. The van der Waals surface area contributed by atoms with Gasteiger partial charge in [0.05, 0.1) is 0 Å². The van der Waals surface area contributed by atoms with E-state index in [-0.39, 0.29) is 18.9 Å². The summed E-state index contributed by atoms with van der Waals surface area (Å²) in [6, 6.07) is 29.3. The Morgan fingerprint density at radius 3 is 2.10 bits per heavy atom. The predicted molar refractivity (Wildman–Crippen MR) is 162 cm³/mol. The van der Waals surface area contributed by atoms with Crippen LogP contribution < -0.4 is 10.2 Å². The van der Waals surface area contributed by atoms with Gasteiger partial charge in [-0.25, -0.2) is 14.6 Å². The number of fused-ring (bicyclic) bond motifs is 3. The van der Waals surface area contributed by atoms with Gasteiger partial charge in [-0.05, 0) is 39.4 Å². The number of nitrogens with one attached hydrogen (secondary N) is 1. The quantitative estimate of drug-likeness (QED) is 0.299. The van der Waals surface area contributed by atoms with Crippen LogP contribution in [0.4, 0.5) is 10.6 Å². The highest BCUT2D eigenvalue weighted by Gasteiger charge is 2.30. The number of anilines is 1. The highest BCUT2D eigenvalue weighted by Crippen LogP contribution is 2.44. The molecule has 1 amide bonds. The van der Waals surface area contributed by atoms with Gasteiger partial charge in [-0.15, -0.1) is 0 Å². The summed E-state index contributed by atoms with van der Waals surface area (Å²) in [5.74, 6) is -0.347. The summed E-state index contributed by atoms with van der Waals surface area (Å²) in [7, 11) is 0. The molecule has 2 N–H and O–H groups in total. The van der Waals surface area contributed by atoms with E-state index in [2.05, 4.69) is 56.5 Å². The summed E-state index contributed by atoms with van der Waals surface area (Å²) in [4.78, 5) is 34.0. The third-order valence-corrected chi connectivity index (χ3v) is 8.13. The van der Waals surface area contributed by atoms with E-state index >= 15 is 0 Å². The van der Waals surface area contributed by atoms with Gasteiger partial charge in [0, 0.05) is 51.3 Å². The number of hydrogen-bond donors (Lipinski definition) is 2. The van der Waals surface area contributed by atoms with Gasteiger partial charge in [-0.3, -0.25) is 4.90 Å². The lowest BCUT2D eigenvalue weighted by Gasteiger charge is -2.35. The summed E-state index contributed by atoms with van der Waals surface area (Å²) in [6.45, 7) is 4.71. The third-order valence-electron chi connectivity index (χ3n) is 8.13. The molecule has 1 aliphatic heterocycles. The Labute approximate surface area is 245 Å². The smallest absolute Gasteiger partial charge is 0.407 e. The number of pyridine rings is 1. The molecule has 2 heterocycles. The molecule has 1 aromatic heterocycles. The Bertz CT molecular complexity index is 1490. The van der Waals surface area contributed by atoms with Crippen LogP contribution in [0.3, 0.4) is 0 Å². The lowest BCUT2D eigenvalue weighted by Crippen LogP contribution is -2.46. The molecule has 6 rings (SSSR count). The first-order chi connectivity index (χ1) is 20.5. The van der Waals surface area contributed by atoms with E-state index in [1.54, 1.807) is 6.20 Å². The molecule has 1 fully saturated rings. The average molecular weight is 563 g/mol. The van der Waals surface area contributed by atoms with E-state index in [9.17, 15) is 14.7 Å². The van der Waals surface area contributed by atoms with Gasteiger partial charge < -0.3 is 20.1 Å². The van der Waals surface area contributed by atoms with Crippen molar-refractivity contribution in [3.63, 3.8) is 0 Å². The predicted octanol–water partition coefficient (Wildman–Crippen LogP) is 4.94. The second-order valence-corrected chi connectivity index (χ2v) is 10.8. The van der Waals surface area contributed by atoms with E-state index in [0.717, 1.165) is 66.4 Å². The zero-order chi connectivity index (χ0) is 28.9. The van der Waals surface area contributed by atoms with E-state index < -0.39 is 18.1 Å². The molecule has 0 bridgehead atoms. The fourth-order valence-corrected chi connectivity index (χ4v) is 5.92. The van der Waals surface area contributed by atoms with Crippen molar-refractivity contribution in [3.05, 3.63) is 119 Å². The van der Waals surface area contributed by atoms with Crippen molar-refractivity contribution in [2.75, 3.05) is 37.7 Å². The maximum atomic E-state index is 12.7. The number of benzene rings is 3. The van der Waals surface area contributed by atoms with E-state index in [4.69, 9.17) is 4.74 Å². The van der Waals surface area contributed by atoms with Crippen LogP contribution in [0.1, 0.15) is 28.2 Å². The summed E-state index contributed by atoms with van der Waals surface area (Å²) >= 11 is 0. The highest BCUT2D eigenvalue weighted by atomic mass is 16.5. The van der Waals surface area contributed by atoms with Crippen LogP contribution in [0, 0.1) is 0 Å². The molecule has 0 radical (unpaired) electrons. The van der Waals surface area contributed by atoms with Crippen LogP contribution >= 0.6 is 0 Å². The van der Waals surface area contributed by atoms with Gasteiger partial charge >= 0.3 is 12.1 Å². The van der Waals surface area contributed by atoms with E-state index in [1.807, 2.05) is 54.6 Å². The largest absolute Gasteiger partial charge is 0.480 e. The fraction of sp³-hybridized carbons (Fsp3) is 0.265. The molecule has 1 atom stereocenters. The van der Waals surface area contributed by atoms with Crippen LogP contribution in [0.15, 0.2) is 97.2 Å². The van der Waals surface area contributed by atoms with Crippen molar-refractivity contribution in [3.8, 4) is 11.1 Å². The van der Waals surface area contributed by atoms with Crippen LogP contribution in [-0.2, 0) is 22.5 Å². The third kappa shape index (κ3) is 6.14. The number of ether oxygens (including phenoxy) is 1. The highest BCUT2D eigenvalue weighted by molar-refractivity contribution is 5.81. The van der Waals surface area contributed by atoms with Crippen molar-refractivity contribution in [1.82, 2.24) is 15.2 Å². The maximum absolute atomic E-state index is 12.7. The first-order valence-corrected chi connectivity index (χ1v) is 14.4. The molecule has 0 saturated carbocycles. The van der Waals surface area contributed by atoms with Gasteiger partial charge in [-0.1, -0.05) is 84.9 Å². The Morgan fingerprint density at radius 2 is 1.48 bits per heavy atom. The maximum Gasteiger partial charge on any atom is 0.407 e. The molecule has 8 heteroatoms. The molecule has 3 aromatic carbocycles. The zero-order valence-electron chi connectivity index (χ0n) is 23.4. The minimum atomic E-state index is -1.13. The second-order valence-electron chi connectivity index (χ2n) is 10.8. The number of carboxylic acids is 1. The number of amides is 1. The number of rotatable bonds is 9.